The molecule has 5 aliphatic heterocycles. The topological polar surface area (TPSA) is 219 Å². The van der Waals surface area contributed by atoms with Gasteiger partial charge in [0, 0.05) is 89.5 Å². The summed E-state index contributed by atoms with van der Waals surface area (Å²) in [5.74, 6) is -1.69. The fourth-order valence-electron chi connectivity index (χ4n) is 13.2. The van der Waals surface area contributed by atoms with Crippen molar-refractivity contribution in [2.24, 2.45) is 12.5 Å². The number of aryl methyl sites for hydroxylation is 3. The number of morpholine rings is 1. The van der Waals surface area contributed by atoms with Crippen LogP contribution < -0.4 is 20.6 Å². The molecule has 83 heavy (non-hydrogen) atoms. The van der Waals surface area contributed by atoms with Gasteiger partial charge in [0.15, 0.2) is 11.5 Å². The number of likely N-dealkylation sites (tertiary alicyclic amines) is 1. The Morgan fingerprint density at radius 1 is 0.867 bits per heavy atom. The zero-order valence-corrected chi connectivity index (χ0v) is 46.7. The molecule has 0 spiro atoms. The summed E-state index contributed by atoms with van der Waals surface area (Å²) >= 11 is 0. The number of benzene rings is 3. The van der Waals surface area contributed by atoms with Crippen molar-refractivity contribution in [3.05, 3.63) is 99.4 Å². The van der Waals surface area contributed by atoms with Crippen LogP contribution in [0.5, 0.6) is 11.8 Å². The molecule has 2 N–H and O–H groups in total. The van der Waals surface area contributed by atoms with Crippen molar-refractivity contribution >= 4 is 62.2 Å². The average molecular weight is 1140 g/mol. The summed E-state index contributed by atoms with van der Waals surface area (Å²) in [7, 11) is 1.70. The number of carbonyl (C=O) groups excluding carboxylic acids is 4. The van der Waals surface area contributed by atoms with Crippen LogP contribution in [0.3, 0.4) is 0 Å². The molecule has 0 bridgehead atoms. The van der Waals surface area contributed by atoms with Gasteiger partial charge in [-0.05, 0) is 122 Å². The molecular formula is C60H67F2N13O8. The van der Waals surface area contributed by atoms with Gasteiger partial charge in [0.25, 0.3) is 5.91 Å². The quantitative estimate of drug-likeness (QED) is 0.140. The molecule has 7 aromatic rings. The van der Waals surface area contributed by atoms with Gasteiger partial charge in [-0.15, -0.1) is 0 Å². The Morgan fingerprint density at radius 3 is 2.41 bits per heavy atom. The number of nitrogens with zero attached hydrogens (tertiary/aromatic N) is 12. The molecule has 1 unspecified atom stereocenters. The minimum Gasteiger partial charge on any atom is -0.508 e. The summed E-state index contributed by atoms with van der Waals surface area (Å²) in [5, 5.41) is 19.4. The zero-order chi connectivity index (χ0) is 57.3. The van der Waals surface area contributed by atoms with Crippen LogP contribution in [0, 0.1) is 17.0 Å². The number of phenolic OH excluding ortho intramolecular Hbond substituents is 1. The highest BCUT2D eigenvalue weighted by atomic mass is 19.1. The maximum absolute atomic E-state index is 17.5. The van der Waals surface area contributed by atoms with Crippen LogP contribution in [0.25, 0.3) is 44.0 Å². The predicted molar refractivity (Wildman–Crippen MR) is 303 cm³/mol. The molecule has 5 fully saturated rings. The number of nitrogens with one attached hydrogen (secondary N) is 1. The van der Waals surface area contributed by atoms with Gasteiger partial charge < -0.3 is 29.3 Å². The number of aromatic hydroxyl groups is 1. The average Bonchev–Trinajstić information content (AvgIpc) is 2.96. The van der Waals surface area contributed by atoms with Crippen molar-refractivity contribution in [1.29, 1.82) is 0 Å². The number of hydrogen-bond donors (Lipinski definition) is 2. The molecule has 3 aromatic carbocycles. The maximum Gasteiger partial charge on any atom is 0.329 e. The Morgan fingerprint density at radius 2 is 1.65 bits per heavy atom. The normalized spacial score (nSPS) is 20.0. The number of pyridine rings is 1. The van der Waals surface area contributed by atoms with E-state index in [1.54, 1.807) is 28.6 Å². The maximum atomic E-state index is 17.5. The lowest BCUT2D eigenvalue weighted by atomic mass is 9.89. The second-order valence-corrected chi connectivity index (χ2v) is 23.3. The van der Waals surface area contributed by atoms with E-state index >= 15 is 8.78 Å². The highest BCUT2D eigenvalue weighted by Gasteiger charge is 2.45. The van der Waals surface area contributed by atoms with Crippen LogP contribution in [-0.2, 0) is 45.7 Å². The van der Waals surface area contributed by atoms with E-state index in [9.17, 15) is 29.1 Å². The van der Waals surface area contributed by atoms with Crippen molar-refractivity contribution in [1.82, 2.24) is 58.8 Å². The van der Waals surface area contributed by atoms with E-state index in [2.05, 4.69) is 20.1 Å². The lowest BCUT2D eigenvalue weighted by molar-refractivity contribution is -0.136. The Bertz CT molecular complexity index is 3800. The molecule has 9 heterocycles. The molecule has 1 atom stereocenters. The molecule has 434 valence electrons. The molecule has 1 aliphatic carbocycles. The molecule has 4 amide bonds. The molecule has 0 radical (unpaired) electrons. The number of ether oxygens (including phenoxy) is 2. The largest absolute Gasteiger partial charge is 0.508 e. The number of rotatable bonds is 13. The molecule has 6 aliphatic rings. The Balaban J connectivity index is 0.678. The van der Waals surface area contributed by atoms with E-state index in [1.807, 2.05) is 39.6 Å². The number of imidazole rings is 1. The van der Waals surface area contributed by atoms with E-state index in [0.717, 1.165) is 75.2 Å². The van der Waals surface area contributed by atoms with Gasteiger partial charge in [0.05, 0.1) is 55.0 Å². The van der Waals surface area contributed by atoms with Gasteiger partial charge in [0.2, 0.25) is 17.7 Å². The lowest BCUT2D eigenvalue weighted by Gasteiger charge is -2.37. The summed E-state index contributed by atoms with van der Waals surface area (Å²) in [6, 6.07) is 12.9. The van der Waals surface area contributed by atoms with Crippen molar-refractivity contribution < 1.29 is 42.5 Å². The zero-order valence-electron chi connectivity index (χ0n) is 46.7. The minimum atomic E-state index is -0.760. The molecule has 13 rings (SSSR count). The van der Waals surface area contributed by atoms with Gasteiger partial charge in [0.1, 0.15) is 34.6 Å². The number of phenols is 1. The van der Waals surface area contributed by atoms with Crippen molar-refractivity contribution in [3.8, 4) is 23.0 Å². The Kier molecular flexibility index (Phi) is 14.4. The first-order chi connectivity index (χ1) is 40.2. The minimum absolute atomic E-state index is 0.0112. The summed E-state index contributed by atoms with van der Waals surface area (Å²) in [5.41, 5.74) is 3.64. The van der Waals surface area contributed by atoms with E-state index in [0.29, 0.717) is 111 Å². The van der Waals surface area contributed by atoms with Crippen LogP contribution in [0.15, 0.2) is 59.5 Å². The third kappa shape index (κ3) is 10.4. The number of imide groups is 1. The predicted octanol–water partition coefficient (Wildman–Crippen LogP) is 5.28. The van der Waals surface area contributed by atoms with Gasteiger partial charge in [-0.2, -0.15) is 15.1 Å². The van der Waals surface area contributed by atoms with Crippen molar-refractivity contribution in [2.45, 2.75) is 83.3 Å². The van der Waals surface area contributed by atoms with Crippen LogP contribution in [-0.4, -0.2) is 174 Å². The third-order valence-electron chi connectivity index (χ3n) is 18.0. The first-order valence-electron chi connectivity index (χ1n) is 29.1. The standard InChI is InChI=1S/C60H67F2N13O8/c1-3-41-44(61)7-5-38-27-40(76)30-42(51(38)41)53-52(62)54-43(31-63-53)55(66-58(65-54)83-35-60(13-14-60)34-70-23-25-82-26-24-70)73-15-4-16-74-39(32-73)29-45(67-74)57(80)72-21-19-71(20-22-72)50(78)33-69-17-11-36(12-18-69)37-6-8-46-48(28-37)68(2)59(81)75(46)47-9-10-49(77)64-56(47)79/h5-8,27-31,36,47,76H,3-4,9-26,32-35H2,1-2H3,(H,64,77,79). The Labute approximate surface area is 476 Å². The smallest absolute Gasteiger partial charge is 0.329 e. The van der Waals surface area contributed by atoms with E-state index in [4.69, 9.17) is 24.5 Å². The molecular weight excluding hydrogens is 1070 g/mol. The fourth-order valence-corrected chi connectivity index (χ4v) is 13.2. The number of halogens is 2. The van der Waals surface area contributed by atoms with Crippen LogP contribution in [0.2, 0.25) is 0 Å². The number of carbonyl (C=O) groups is 4. The monoisotopic (exact) mass is 1140 g/mol. The number of aromatic nitrogens is 7. The summed E-state index contributed by atoms with van der Waals surface area (Å²) < 4.78 is 49.8. The molecule has 23 heteroatoms. The lowest BCUT2D eigenvalue weighted by Crippen LogP contribution is -2.53. The number of fused-ring (bicyclic) bond motifs is 4. The number of amides is 4. The third-order valence-corrected chi connectivity index (χ3v) is 18.0. The van der Waals surface area contributed by atoms with Gasteiger partial charge in [-0.25, -0.2) is 13.6 Å². The van der Waals surface area contributed by atoms with Gasteiger partial charge in [-0.3, -0.25) is 53.1 Å². The second-order valence-electron chi connectivity index (χ2n) is 23.3. The van der Waals surface area contributed by atoms with Crippen LogP contribution in [0.4, 0.5) is 14.6 Å². The summed E-state index contributed by atoms with van der Waals surface area (Å²) in [4.78, 5) is 90.3. The molecule has 1 saturated carbocycles. The van der Waals surface area contributed by atoms with E-state index < -0.39 is 23.6 Å². The van der Waals surface area contributed by atoms with Crippen molar-refractivity contribution in [3.63, 3.8) is 0 Å². The molecule has 4 saturated heterocycles. The number of piperidine rings is 2. The van der Waals surface area contributed by atoms with Gasteiger partial charge in [-0.1, -0.05) is 19.1 Å². The summed E-state index contributed by atoms with van der Waals surface area (Å²) in [6.07, 6.45) is 6.54. The first-order valence-corrected chi connectivity index (χ1v) is 29.1. The van der Waals surface area contributed by atoms with Crippen molar-refractivity contribution in [2.75, 3.05) is 96.7 Å². The molecule has 4 aromatic heterocycles. The second kappa shape index (κ2) is 22.0. The highest BCUT2D eigenvalue weighted by Crippen LogP contribution is 2.47. The Hall–Kier alpha value is -7.89. The SMILES string of the molecule is CCc1c(F)ccc2cc(O)cc(-c3ncc4c(N5CCCn6nc(C(=O)N7CCN(C(=O)CN8CCC(c9ccc%10c(c9)n(C)c(=O)n%10C9CCC(=O)NC9=O)CC8)CC7)cc6C5)nc(OCC5(CN6CCOCC6)CC5)nc4c3F)c12. The molecule has 21 nitrogen and oxygen atoms in total. The van der Waals surface area contributed by atoms with E-state index in [-0.39, 0.29) is 89.2 Å². The first kappa shape index (κ1) is 54.4. The van der Waals surface area contributed by atoms with Crippen LogP contribution in [0.1, 0.15) is 91.1 Å². The number of hydrogen-bond acceptors (Lipinski definition) is 15. The van der Waals surface area contributed by atoms with Gasteiger partial charge >= 0.3 is 11.7 Å². The summed E-state index contributed by atoms with van der Waals surface area (Å²) in [6.45, 7) is 10.6. The number of anilines is 1. The van der Waals surface area contributed by atoms with Crippen LogP contribution >= 0.6 is 0 Å². The van der Waals surface area contributed by atoms with E-state index in [1.165, 1.54) is 29.0 Å². The highest BCUT2D eigenvalue weighted by molar-refractivity contribution is 6.02. The fraction of sp³-hybridized carbons (Fsp3) is 0.483. The number of piperazine rings is 1.